The summed E-state index contributed by atoms with van der Waals surface area (Å²) >= 11 is 5.11. The molecule has 0 spiro atoms. The number of thiophene rings is 1. The van der Waals surface area contributed by atoms with E-state index in [1.165, 1.54) is 12.7 Å². The number of nitrogens with one attached hydrogen (secondary N) is 1. The molecule has 0 saturated carbocycles. The summed E-state index contributed by atoms with van der Waals surface area (Å²) in [6.45, 7) is 0.691. The van der Waals surface area contributed by atoms with Gasteiger partial charge in [0.05, 0.1) is 10.9 Å². The molecular formula is C14H14BrNO3S. The van der Waals surface area contributed by atoms with E-state index in [-0.39, 0.29) is 6.61 Å². The molecular weight excluding hydrogens is 342 g/mol. The standard InChI is InChI=1S/C14H14BrNO3S/c1-18-14(17)8-19-12-4-2-11(3-5-12)16-7-10-6-13(15)20-9-10/h2-6,9,16H,7-8H2,1H3. The number of carbonyl (C=O) groups excluding carboxylic acids is 1. The Morgan fingerprint density at radius 2 is 2.10 bits per heavy atom. The number of hydrogen-bond acceptors (Lipinski definition) is 5. The maximum Gasteiger partial charge on any atom is 0.343 e. The summed E-state index contributed by atoms with van der Waals surface area (Å²) in [6, 6.07) is 9.54. The quantitative estimate of drug-likeness (QED) is 0.803. The van der Waals surface area contributed by atoms with Gasteiger partial charge in [-0.1, -0.05) is 0 Å². The van der Waals surface area contributed by atoms with Crippen molar-refractivity contribution in [3.63, 3.8) is 0 Å². The van der Waals surface area contributed by atoms with Crippen molar-refractivity contribution in [2.75, 3.05) is 19.0 Å². The molecule has 0 fully saturated rings. The zero-order valence-electron chi connectivity index (χ0n) is 10.9. The van der Waals surface area contributed by atoms with Gasteiger partial charge in [0, 0.05) is 12.2 Å². The maximum atomic E-state index is 11.0. The molecule has 20 heavy (non-hydrogen) atoms. The second kappa shape index (κ2) is 7.31. The van der Waals surface area contributed by atoms with E-state index in [4.69, 9.17) is 4.74 Å². The van der Waals surface area contributed by atoms with E-state index in [0.717, 1.165) is 16.0 Å². The van der Waals surface area contributed by atoms with Crippen molar-refractivity contribution >= 4 is 38.9 Å². The molecule has 1 aromatic carbocycles. The monoisotopic (exact) mass is 355 g/mol. The molecule has 4 nitrogen and oxygen atoms in total. The molecule has 6 heteroatoms. The molecule has 2 aromatic rings. The third kappa shape index (κ3) is 4.54. The van der Waals surface area contributed by atoms with Crippen molar-refractivity contribution in [3.8, 4) is 5.75 Å². The molecule has 106 valence electrons. The number of hydrogen-bond donors (Lipinski definition) is 1. The average molecular weight is 356 g/mol. The summed E-state index contributed by atoms with van der Waals surface area (Å²) in [6.07, 6.45) is 0. The molecule has 0 bridgehead atoms. The predicted molar refractivity (Wildman–Crippen MR) is 83.3 cm³/mol. The first-order chi connectivity index (χ1) is 9.67. The SMILES string of the molecule is COC(=O)COc1ccc(NCc2csc(Br)c2)cc1. The minimum Gasteiger partial charge on any atom is -0.482 e. The van der Waals surface area contributed by atoms with E-state index in [0.29, 0.717) is 5.75 Å². The van der Waals surface area contributed by atoms with E-state index < -0.39 is 5.97 Å². The van der Waals surface area contributed by atoms with Crippen molar-refractivity contribution in [2.24, 2.45) is 0 Å². The van der Waals surface area contributed by atoms with Crippen molar-refractivity contribution < 1.29 is 14.3 Å². The van der Waals surface area contributed by atoms with E-state index in [1.54, 1.807) is 11.3 Å². The summed E-state index contributed by atoms with van der Waals surface area (Å²) in [7, 11) is 1.33. The molecule has 0 radical (unpaired) electrons. The highest BCUT2D eigenvalue weighted by molar-refractivity contribution is 9.11. The fourth-order valence-corrected chi connectivity index (χ4v) is 2.72. The van der Waals surface area contributed by atoms with E-state index in [2.05, 4.69) is 37.4 Å². The average Bonchev–Trinajstić information content (AvgIpc) is 2.89. The van der Waals surface area contributed by atoms with Gasteiger partial charge in [-0.15, -0.1) is 11.3 Å². The van der Waals surface area contributed by atoms with Gasteiger partial charge in [0.2, 0.25) is 0 Å². The number of carbonyl (C=O) groups is 1. The van der Waals surface area contributed by atoms with Crippen LogP contribution in [0.2, 0.25) is 0 Å². The fourth-order valence-electron chi connectivity index (χ4n) is 1.51. The summed E-state index contributed by atoms with van der Waals surface area (Å²) in [5.74, 6) is 0.245. The van der Waals surface area contributed by atoms with E-state index in [1.807, 2.05) is 24.3 Å². The van der Waals surface area contributed by atoms with Gasteiger partial charge >= 0.3 is 5.97 Å². The third-order valence-electron chi connectivity index (χ3n) is 2.56. The molecule has 0 unspecified atom stereocenters. The van der Waals surface area contributed by atoms with Crippen molar-refractivity contribution in [3.05, 3.63) is 45.1 Å². The van der Waals surface area contributed by atoms with Gasteiger partial charge in [0.25, 0.3) is 0 Å². The molecule has 1 aromatic heterocycles. The summed E-state index contributed by atoms with van der Waals surface area (Å²) in [4.78, 5) is 11.0. The third-order valence-corrected chi connectivity index (χ3v) is 4.11. The van der Waals surface area contributed by atoms with Crippen molar-refractivity contribution in [1.29, 1.82) is 0 Å². The molecule has 2 rings (SSSR count). The summed E-state index contributed by atoms with van der Waals surface area (Å²) in [5, 5.41) is 5.42. The lowest BCUT2D eigenvalue weighted by Gasteiger charge is -2.07. The number of halogens is 1. The Hall–Kier alpha value is -1.53. The maximum absolute atomic E-state index is 11.0. The molecule has 0 amide bonds. The molecule has 0 aliphatic carbocycles. The van der Waals surface area contributed by atoms with Crippen LogP contribution in [0.25, 0.3) is 0 Å². The number of benzene rings is 1. The Morgan fingerprint density at radius 1 is 1.35 bits per heavy atom. The fraction of sp³-hybridized carbons (Fsp3) is 0.214. The van der Waals surface area contributed by atoms with E-state index in [9.17, 15) is 4.79 Å². The Labute approximate surface area is 129 Å². The second-order valence-corrected chi connectivity index (χ2v) is 6.29. The van der Waals surface area contributed by atoms with Crippen LogP contribution in [0.5, 0.6) is 5.75 Å². The minimum absolute atomic E-state index is 0.0772. The highest BCUT2D eigenvalue weighted by Crippen LogP contribution is 2.22. The van der Waals surface area contributed by atoms with Gasteiger partial charge in [-0.25, -0.2) is 4.79 Å². The van der Waals surface area contributed by atoms with Crippen molar-refractivity contribution in [2.45, 2.75) is 6.54 Å². The first-order valence-corrected chi connectivity index (χ1v) is 7.61. The van der Waals surface area contributed by atoms with Gasteiger partial charge in [-0.2, -0.15) is 0 Å². The number of ether oxygens (including phenoxy) is 2. The highest BCUT2D eigenvalue weighted by atomic mass is 79.9. The Morgan fingerprint density at radius 3 is 2.70 bits per heavy atom. The summed E-state index contributed by atoms with van der Waals surface area (Å²) in [5.41, 5.74) is 2.23. The normalized spacial score (nSPS) is 10.1. The molecule has 0 aliphatic heterocycles. The Kier molecular flexibility index (Phi) is 5.43. The van der Waals surface area contributed by atoms with Crippen LogP contribution in [0, 0.1) is 0 Å². The highest BCUT2D eigenvalue weighted by Gasteiger charge is 2.02. The molecule has 0 aliphatic rings. The van der Waals surface area contributed by atoms with Gasteiger partial charge < -0.3 is 14.8 Å². The van der Waals surface area contributed by atoms with Crippen LogP contribution in [-0.4, -0.2) is 19.7 Å². The lowest BCUT2D eigenvalue weighted by molar-refractivity contribution is -0.142. The lowest BCUT2D eigenvalue weighted by atomic mass is 10.3. The van der Waals surface area contributed by atoms with Crippen LogP contribution >= 0.6 is 27.3 Å². The van der Waals surface area contributed by atoms with Crippen LogP contribution in [-0.2, 0) is 16.1 Å². The lowest BCUT2D eigenvalue weighted by Crippen LogP contribution is -2.12. The minimum atomic E-state index is -0.393. The predicted octanol–water partition coefficient (Wildman–Crippen LogP) is 3.67. The number of esters is 1. The number of rotatable bonds is 6. The summed E-state index contributed by atoms with van der Waals surface area (Å²) < 4.78 is 10.9. The molecule has 0 atom stereocenters. The Bertz CT molecular complexity index is 568. The Balaban J connectivity index is 1.83. The largest absolute Gasteiger partial charge is 0.482 e. The molecule has 1 N–H and O–H groups in total. The van der Waals surface area contributed by atoms with Crippen LogP contribution in [0.1, 0.15) is 5.56 Å². The zero-order chi connectivity index (χ0) is 14.4. The molecule has 0 saturated heterocycles. The first kappa shape index (κ1) is 14.9. The van der Waals surface area contributed by atoms with Crippen LogP contribution < -0.4 is 10.1 Å². The number of methoxy groups -OCH3 is 1. The zero-order valence-corrected chi connectivity index (χ0v) is 13.3. The van der Waals surface area contributed by atoms with Crippen LogP contribution in [0.3, 0.4) is 0 Å². The van der Waals surface area contributed by atoms with Gasteiger partial charge in [0.15, 0.2) is 6.61 Å². The topological polar surface area (TPSA) is 47.6 Å². The van der Waals surface area contributed by atoms with Crippen LogP contribution in [0.4, 0.5) is 5.69 Å². The van der Waals surface area contributed by atoms with Gasteiger partial charge in [0.1, 0.15) is 5.75 Å². The second-order valence-electron chi connectivity index (χ2n) is 4.00. The van der Waals surface area contributed by atoms with Crippen molar-refractivity contribution in [1.82, 2.24) is 0 Å². The van der Waals surface area contributed by atoms with Gasteiger partial charge in [-0.05, 0) is 57.2 Å². The van der Waals surface area contributed by atoms with Gasteiger partial charge in [-0.3, -0.25) is 0 Å². The van der Waals surface area contributed by atoms with E-state index >= 15 is 0 Å². The smallest absolute Gasteiger partial charge is 0.343 e. The number of anilines is 1. The van der Waals surface area contributed by atoms with Crippen LogP contribution in [0.15, 0.2) is 39.5 Å². The molecule has 1 heterocycles. The first-order valence-electron chi connectivity index (χ1n) is 5.94.